The average Bonchev–Trinajstić information content (AvgIpc) is 2.58. The van der Waals surface area contributed by atoms with Crippen LogP contribution in [0.5, 0.6) is 0 Å². The molecule has 168 valence electrons. The highest BCUT2D eigenvalue weighted by Gasteiger charge is 2.87. The van der Waals surface area contributed by atoms with Crippen molar-refractivity contribution in [2.75, 3.05) is 7.11 Å². The SMILES string of the molecule is CCCc1cccc(C(CC(F)(F)C(F)(F)C(F)(F)C(F)(F)C(F)(F)F)OC)c1. The molecule has 29 heavy (non-hydrogen) atoms. The zero-order valence-corrected chi connectivity index (χ0v) is 15.1. The van der Waals surface area contributed by atoms with E-state index in [1.165, 1.54) is 12.1 Å². The van der Waals surface area contributed by atoms with E-state index in [1.54, 1.807) is 13.0 Å². The second kappa shape index (κ2) is 8.27. The molecule has 0 saturated carbocycles. The Balaban J connectivity index is 3.29. The third kappa shape index (κ3) is 4.61. The van der Waals surface area contributed by atoms with Crippen molar-refractivity contribution in [1.82, 2.24) is 0 Å². The van der Waals surface area contributed by atoms with Crippen LogP contribution in [0.2, 0.25) is 0 Å². The molecule has 0 aliphatic carbocycles. The first-order valence-electron chi connectivity index (χ1n) is 8.16. The molecular formula is C17H17F11O. The molecule has 1 unspecified atom stereocenters. The Morgan fingerprint density at radius 2 is 1.38 bits per heavy atom. The Bertz CT molecular complexity index is 682. The summed E-state index contributed by atoms with van der Waals surface area (Å²) >= 11 is 0. The van der Waals surface area contributed by atoms with Crippen LogP contribution < -0.4 is 0 Å². The standard InChI is InChI=1S/C17H17F11O/c1-3-5-10-6-4-7-11(8-10)12(29-2)9-13(18,19)14(20,21)15(22,23)16(24,25)17(26,27)28/h4,6-8,12H,3,5,9H2,1-2H3. The second-order valence-corrected chi connectivity index (χ2v) is 6.35. The minimum absolute atomic E-state index is 0.153. The van der Waals surface area contributed by atoms with Gasteiger partial charge in [-0.25, -0.2) is 0 Å². The first kappa shape index (κ1) is 25.4. The largest absolute Gasteiger partial charge is 0.460 e. The molecule has 12 heteroatoms. The highest BCUT2D eigenvalue weighted by atomic mass is 19.4. The van der Waals surface area contributed by atoms with Gasteiger partial charge in [-0.2, -0.15) is 48.3 Å². The van der Waals surface area contributed by atoms with Gasteiger partial charge in [0.15, 0.2) is 0 Å². The van der Waals surface area contributed by atoms with E-state index in [9.17, 15) is 48.3 Å². The molecule has 1 aromatic carbocycles. The molecule has 0 heterocycles. The molecule has 0 saturated heterocycles. The smallest absolute Gasteiger partial charge is 0.377 e. The predicted octanol–water partition coefficient (Wildman–Crippen LogP) is 6.82. The normalized spacial score (nSPS) is 15.5. The van der Waals surface area contributed by atoms with Crippen LogP contribution in [0.15, 0.2) is 24.3 Å². The Hall–Kier alpha value is -1.59. The number of hydrogen-bond donors (Lipinski definition) is 0. The van der Waals surface area contributed by atoms with Crippen LogP contribution in [0.1, 0.15) is 37.0 Å². The van der Waals surface area contributed by atoms with Crippen molar-refractivity contribution in [2.45, 2.75) is 62.2 Å². The lowest BCUT2D eigenvalue weighted by Gasteiger charge is -2.38. The summed E-state index contributed by atoms with van der Waals surface area (Å²) in [6, 6.07) is 5.30. The van der Waals surface area contributed by atoms with Crippen molar-refractivity contribution in [3.63, 3.8) is 0 Å². The van der Waals surface area contributed by atoms with Crippen LogP contribution in [-0.2, 0) is 11.2 Å². The summed E-state index contributed by atoms with van der Waals surface area (Å²) in [6.07, 6.45) is -10.3. The first-order chi connectivity index (χ1) is 13.0. The van der Waals surface area contributed by atoms with Gasteiger partial charge in [-0.15, -0.1) is 0 Å². The van der Waals surface area contributed by atoms with Crippen molar-refractivity contribution < 1.29 is 53.0 Å². The van der Waals surface area contributed by atoms with Gasteiger partial charge in [-0.3, -0.25) is 0 Å². The van der Waals surface area contributed by atoms with Gasteiger partial charge >= 0.3 is 29.9 Å². The van der Waals surface area contributed by atoms with Gasteiger partial charge in [0.2, 0.25) is 0 Å². The van der Waals surface area contributed by atoms with Crippen LogP contribution in [0.3, 0.4) is 0 Å². The van der Waals surface area contributed by atoms with Gasteiger partial charge in [-0.05, 0) is 17.5 Å². The van der Waals surface area contributed by atoms with E-state index in [4.69, 9.17) is 0 Å². The molecule has 0 fully saturated rings. The lowest BCUT2D eigenvalue weighted by atomic mass is 9.91. The maximum Gasteiger partial charge on any atom is 0.460 e. The van der Waals surface area contributed by atoms with E-state index in [-0.39, 0.29) is 5.56 Å². The lowest BCUT2D eigenvalue weighted by molar-refractivity contribution is -0.423. The van der Waals surface area contributed by atoms with Gasteiger partial charge in [0.05, 0.1) is 6.10 Å². The van der Waals surface area contributed by atoms with E-state index < -0.39 is 42.4 Å². The molecule has 0 aromatic heterocycles. The average molecular weight is 446 g/mol. The Labute approximate surface area is 158 Å². The molecule has 0 radical (unpaired) electrons. The summed E-state index contributed by atoms with van der Waals surface area (Å²) in [5, 5.41) is 0. The van der Waals surface area contributed by atoms with Crippen LogP contribution in [-0.4, -0.2) is 37.0 Å². The number of halogens is 11. The number of benzene rings is 1. The summed E-state index contributed by atoms with van der Waals surface area (Å²) in [6.45, 7) is 1.78. The Morgan fingerprint density at radius 1 is 0.828 bits per heavy atom. The molecule has 0 aliphatic heterocycles. The molecule has 1 rings (SSSR count). The van der Waals surface area contributed by atoms with Gasteiger partial charge < -0.3 is 4.74 Å². The molecule has 0 amide bonds. The number of ether oxygens (including phenoxy) is 1. The number of aryl methyl sites for hydroxylation is 1. The van der Waals surface area contributed by atoms with Gasteiger partial charge in [0.25, 0.3) is 0 Å². The molecule has 0 N–H and O–H groups in total. The quantitative estimate of drug-likeness (QED) is 0.378. The lowest BCUT2D eigenvalue weighted by Crippen LogP contribution is -2.66. The van der Waals surface area contributed by atoms with E-state index >= 15 is 0 Å². The van der Waals surface area contributed by atoms with E-state index in [2.05, 4.69) is 4.74 Å². The third-order valence-electron chi connectivity index (χ3n) is 4.19. The topological polar surface area (TPSA) is 9.23 Å². The maximum absolute atomic E-state index is 14.0. The van der Waals surface area contributed by atoms with Crippen molar-refractivity contribution >= 4 is 0 Å². The summed E-state index contributed by atoms with van der Waals surface area (Å²) < 4.78 is 149. The fourth-order valence-electron chi connectivity index (χ4n) is 2.54. The van der Waals surface area contributed by atoms with E-state index in [0.717, 1.165) is 13.2 Å². The summed E-state index contributed by atoms with van der Waals surface area (Å²) in [4.78, 5) is 0. The number of methoxy groups -OCH3 is 1. The maximum atomic E-state index is 14.0. The molecule has 0 aliphatic rings. The van der Waals surface area contributed by atoms with Crippen LogP contribution in [0.4, 0.5) is 48.3 Å². The van der Waals surface area contributed by atoms with Gasteiger partial charge in [-0.1, -0.05) is 37.6 Å². The molecule has 0 bridgehead atoms. The molecule has 0 spiro atoms. The van der Waals surface area contributed by atoms with E-state index in [1.807, 2.05) is 0 Å². The minimum atomic E-state index is -7.41. The molecular weight excluding hydrogens is 429 g/mol. The van der Waals surface area contributed by atoms with Gasteiger partial charge in [0, 0.05) is 13.5 Å². The fourth-order valence-corrected chi connectivity index (χ4v) is 2.54. The highest BCUT2D eigenvalue weighted by Crippen LogP contribution is 2.58. The summed E-state index contributed by atoms with van der Waals surface area (Å²) in [5.74, 6) is -27.8. The number of hydrogen-bond acceptors (Lipinski definition) is 1. The Morgan fingerprint density at radius 3 is 1.83 bits per heavy atom. The van der Waals surface area contributed by atoms with Crippen LogP contribution in [0.25, 0.3) is 0 Å². The fraction of sp³-hybridized carbons (Fsp3) is 0.647. The number of rotatable bonds is 9. The zero-order chi connectivity index (χ0) is 22.9. The molecule has 1 atom stereocenters. The van der Waals surface area contributed by atoms with Crippen LogP contribution in [0, 0.1) is 0 Å². The third-order valence-corrected chi connectivity index (χ3v) is 4.19. The van der Waals surface area contributed by atoms with Crippen LogP contribution >= 0.6 is 0 Å². The summed E-state index contributed by atoms with van der Waals surface area (Å²) in [5.41, 5.74) is 0.413. The van der Waals surface area contributed by atoms with Crippen molar-refractivity contribution in [3.05, 3.63) is 35.4 Å². The van der Waals surface area contributed by atoms with Gasteiger partial charge in [0.1, 0.15) is 0 Å². The van der Waals surface area contributed by atoms with Crippen molar-refractivity contribution in [1.29, 1.82) is 0 Å². The molecule has 1 nitrogen and oxygen atoms in total. The Kier molecular flexibility index (Phi) is 7.26. The summed E-state index contributed by atoms with van der Waals surface area (Å²) in [7, 11) is 0.772. The minimum Gasteiger partial charge on any atom is -0.377 e. The van der Waals surface area contributed by atoms with Crippen molar-refractivity contribution in [3.8, 4) is 0 Å². The zero-order valence-electron chi connectivity index (χ0n) is 15.1. The van der Waals surface area contributed by atoms with Crippen molar-refractivity contribution in [2.24, 2.45) is 0 Å². The number of alkyl halides is 11. The molecule has 1 aromatic rings. The predicted molar refractivity (Wildman–Crippen MR) is 80.6 cm³/mol. The first-order valence-corrected chi connectivity index (χ1v) is 8.16. The monoisotopic (exact) mass is 446 g/mol. The second-order valence-electron chi connectivity index (χ2n) is 6.35. The van der Waals surface area contributed by atoms with E-state index in [0.29, 0.717) is 18.4 Å². The highest BCUT2D eigenvalue weighted by molar-refractivity contribution is 5.26.